The summed E-state index contributed by atoms with van der Waals surface area (Å²) in [6.45, 7) is 6.36. The Bertz CT molecular complexity index is 847. The Labute approximate surface area is 129 Å². The van der Waals surface area contributed by atoms with Crippen molar-refractivity contribution in [3.8, 4) is 11.1 Å². The van der Waals surface area contributed by atoms with Crippen LogP contribution in [-0.4, -0.2) is 9.97 Å². The molecule has 3 rings (SSSR count). The number of fused-ring (bicyclic) bond motifs is 1. The molecule has 1 aromatic heterocycles. The van der Waals surface area contributed by atoms with Crippen LogP contribution in [0, 0.1) is 20.8 Å². The highest BCUT2D eigenvalue weighted by molar-refractivity contribution is 5.93. The number of nitrogens with one attached hydrogen (secondary N) is 1. The van der Waals surface area contributed by atoms with Crippen LogP contribution in [0.2, 0.25) is 0 Å². The highest BCUT2D eigenvalue weighted by Crippen LogP contribution is 2.32. The first-order valence-electron chi connectivity index (χ1n) is 7.11. The molecule has 0 radical (unpaired) electrons. The van der Waals surface area contributed by atoms with Crippen molar-refractivity contribution in [3.63, 3.8) is 0 Å². The minimum Gasteiger partial charge on any atom is -0.368 e. The molecule has 0 aliphatic heterocycles. The molecule has 5 nitrogen and oxygen atoms in total. The average molecular weight is 293 g/mol. The van der Waals surface area contributed by atoms with Gasteiger partial charge in [-0.2, -0.15) is 4.98 Å². The van der Waals surface area contributed by atoms with E-state index in [2.05, 4.69) is 60.4 Å². The number of hydrogen-bond acceptors (Lipinski definition) is 5. The molecule has 5 heteroatoms. The van der Waals surface area contributed by atoms with Crippen LogP contribution in [0.1, 0.15) is 16.7 Å². The van der Waals surface area contributed by atoms with Gasteiger partial charge < -0.3 is 11.2 Å². The standard InChI is InChI=1S/C17H19N5/c1-9-6-10(2)15(11(3)7-9)12-4-5-14-13(8-12)16(22-19)21-17(18)20-14/h4-8H,19H2,1-3H3,(H3,18,20,21,22). The molecular formula is C17H19N5. The van der Waals surface area contributed by atoms with E-state index in [1.807, 2.05) is 6.07 Å². The van der Waals surface area contributed by atoms with Gasteiger partial charge in [0.1, 0.15) is 0 Å². The molecule has 5 N–H and O–H groups in total. The number of aryl methyl sites for hydroxylation is 3. The predicted molar refractivity (Wildman–Crippen MR) is 91.4 cm³/mol. The molecule has 0 fully saturated rings. The first kappa shape index (κ1) is 14.3. The van der Waals surface area contributed by atoms with Crippen molar-refractivity contribution < 1.29 is 0 Å². The van der Waals surface area contributed by atoms with E-state index in [1.54, 1.807) is 0 Å². The zero-order valence-electron chi connectivity index (χ0n) is 12.9. The molecule has 2 aromatic carbocycles. The molecule has 0 saturated heterocycles. The van der Waals surface area contributed by atoms with Gasteiger partial charge in [0.25, 0.3) is 0 Å². The minimum atomic E-state index is 0.205. The zero-order chi connectivity index (χ0) is 15.9. The Hall–Kier alpha value is -2.66. The van der Waals surface area contributed by atoms with E-state index >= 15 is 0 Å². The van der Waals surface area contributed by atoms with Crippen LogP contribution in [0.25, 0.3) is 22.0 Å². The van der Waals surface area contributed by atoms with Gasteiger partial charge in [-0.25, -0.2) is 10.8 Å². The predicted octanol–water partition coefficient (Wildman–Crippen LogP) is 3.09. The third-order valence-corrected chi connectivity index (χ3v) is 3.82. The molecule has 3 aromatic rings. The summed E-state index contributed by atoms with van der Waals surface area (Å²) in [6.07, 6.45) is 0. The van der Waals surface area contributed by atoms with Crippen molar-refractivity contribution in [1.82, 2.24) is 9.97 Å². The van der Waals surface area contributed by atoms with Crippen molar-refractivity contribution >= 4 is 22.7 Å². The normalized spacial score (nSPS) is 10.9. The van der Waals surface area contributed by atoms with Gasteiger partial charge in [-0.3, -0.25) is 0 Å². The van der Waals surface area contributed by atoms with E-state index in [9.17, 15) is 0 Å². The summed E-state index contributed by atoms with van der Waals surface area (Å²) in [5, 5.41) is 0.855. The van der Waals surface area contributed by atoms with Crippen molar-refractivity contribution in [1.29, 1.82) is 0 Å². The summed E-state index contributed by atoms with van der Waals surface area (Å²) in [4.78, 5) is 8.39. The molecule has 0 bridgehead atoms. The number of aromatic nitrogens is 2. The van der Waals surface area contributed by atoms with E-state index in [-0.39, 0.29) is 5.95 Å². The van der Waals surface area contributed by atoms with Gasteiger partial charge in [-0.05, 0) is 55.2 Å². The Morgan fingerprint density at radius 2 is 1.64 bits per heavy atom. The molecule has 22 heavy (non-hydrogen) atoms. The van der Waals surface area contributed by atoms with Gasteiger partial charge in [0.15, 0.2) is 5.82 Å². The van der Waals surface area contributed by atoms with Crippen molar-refractivity contribution in [2.45, 2.75) is 20.8 Å². The molecule has 0 aliphatic rings. The minimum absolute atomic E-state index is 0.205. The number of nitrogens with two attached hydrogens (primary N) is 2. The second kappa shape index (κ2) is 5.27. The molecule has 1 heterocycles. The lowest BCUT2D eigenvalue weighted by Crippen LogP contribution is -2.11. The third-order valence-electron chi connectivity index (χ3n) is 3.82. The topological polar surface area (TPSA) is 89.8 Å². The molecule has 0 saturated carbocycles. The van der Waals surface area contributed by atoms with Crippen molar-refractivity contribution in [2.75, 3.05) is 11.2 Å². The van der Waals surface area contributed by atoms with Crippen LogP contribution in [-0.2, 0) is 0 Å². The summed E-state index contributed by atoms with van der Waals surface area (Å²) in [5.74, 6) is 6.30. The first-order valence-corrected chi connectivity index (χ1v) is 7.11. The number of nitrogen functional groups attached to an aromatic ring is 2. The molecule has 0 amide bonds. The highest BCUT2D eigenvalue weighted by Gasteiger charge is 2.10. The molecule has 112 valence electrons. The van der Waals surface area contributed by atoms with Gasteiger partial charge in [0.05, 0.1) is 5.52 Å². The molecular weight excluding hydrogens is 274 g/mol. The van der Waals surface area contributed by atoms with Gasteiger partial charge >= 0.3 is 0 Å². The fraction of sp³-hybridized carbons (Fsp3) is 0.176. The fourth-order valence-corrected chi connectivity index (χ4v) is 3.05. The summed E-state index contributed by atoms with van der Waals surface area (Å²) in [7, 11) is 0. The Morgan fingerprint density at radius 1 is 0.955 bits per heavy atom. The number of anilines is 2. The summed E-state index contributed by atoms with van der Waals surface area (Å²) >= 11 is 0. The lowest BCUT2D eigenvalue weighted by Gasteiger charge is -2.13. The second-order valence-electron chi connectivity index (χ2n) is 5.58. The van der Waals surface area contributed by atoms with E-state index in [0.717, 1.165) is 16.5 Å². The van der Waals surface area contributed by atoms with Crippen LogP contribution in [0.5, 0.6) is 0 Å². The van der Waals surface area contributed by atoms with Crippen molar-refractivity contribution in [3.05, 3.63) is 47.0 Å². The van der Waals surface area contributed by atoms with Crippen LogP contribution in [0.15, 0.2) is 30.3 Å². The number of hydrogen-bond donors (Lipinski definition) is 3. The number of hydrazine groups is 1. The lowest BCUT2D eigenvalue weighted by atomic mass is 9.93. The third kappa shape index (κ3) is 2.35. The monoisotopic (exact) mass is 293 g/mol. The number of rotatable bonds is 2. The molecule has 0 unspecified atom stereocenters. The van der Waals surface area contributed by atoms with E-state index in [0.29, 0.717) is 5.82 Å². The smallest absolute Gasteiger partial charge is 0.222 e. The SMILES string of the molecule is Cc1cc(C)c(-c2ccc3nc(N)nc(NN)c3c2)c(C)c1. The average Bonchev–Trinajstić information content (AvgIpc) is 2.45. The molecule has 0 spiro atoms. The number of nitrogens with zero attached hydrogens (tertiary/aromatic N) is 2. The highest BCUT2D eigenvalue weighted by atomic mass is 15.3. The maximum atomic E-state index is 5.70. The van der Waals surface area contributed by atoms with Gasteiger partial charge in [0, 0.05) is 5.39 Å². The van der Waals surface area contributed by atoms with E-state index in [4.69, 9.17) is 11.6 Å². The quantitative estimate of drug-likeness (QED) is 0.499. The maximum absolute atomic E-state index is 5.70. The van der Waals surface area contributed by atoms with Crippen LogP contribution < -0.4 is 17.0 Å². The Kier molecular flexibility index (Phi) is 3.42. The summed E-state index contributed by atoms with van der Waals surface area (Å²) in [6, 6.07) is 10.4. The maximum Gasteiger partial charge on any atom is 0.222 e. The van der Waals surface area contributed by atoms with Crippen LogP contribution in [0.3, 0.4) is 0 Å². The van der Waals surface area contributed by atoms with Gasteiger partial charge in [0.2, 0.25) is 5.95 Å². The summed E-state index contributed by atoms with van der Waals surface area (Å²) < 4.78 is 0. The van der Waals surface area contributed by atoms with Gasteiger partial charge in [-0.1, -0.05) is 23.8 Å². The Morgan fingerprint density at radius 3 is 2.27 bits per heavy atom. The first-order chi connectivity index (χ1) is 10.5. The molecule has 0 aliphatic carbocycles. The van der Waals surface area contributed by atoms with Crippen LogP contribution >= 0.6 is 0 Å². The fourth-order valence-electron chi connectivity index (χ4n) is 3.05. The largest absolute Gasteiger partial charge is 0.368 e. The van der Waals surface area contributed by atoms with E-state index < -0.39 is 0 Å². The second-order valence-corrected chi connectivity index (χ2v) is 5.58. The van der Waals surface area contributed by atoms with Crippen molar-refractivity contribution in [2.24, 2.45) is 5.84 Å². The van der Waals surface area contributed by atoms with Gasteiger partial charge in [-0.15, -0.1) is 0 Å². The zero-order valence-corrected chi connectivity index (χ0v) is 12.9. The van der Waals surface area contributed by atoms with Crippen LogP contribution in [0.4, 0.5) is 11.8 Å². The lowest BCUT2D eigenvalue weighted by molar-refractivity contribution is 1.19. The Balaban J connectivity index is 2.27. The number of benzene rings is 2. The summed E-state index contributed by atoms with van der Waals surface area (Å²) in [5.41, 5.74) is 15.2. The van der Waals surface area contributed by atoms with E-state index in [1.165, 1.54) is 22.3 Å². The molecule has 0 atom stereocenters.